The van der Waals surface area contributed by atoms with Crippen LogP contribution in [0.4, 0.5) is 0 Å². The van der Waals surface area contributed by atoms with E-state index in [9.17, 15) is 0 Å². The summed E-state index contributed by atoms with van der Waals surface area (Å²) in [6, 6.07) is 9.58. The Kier molecular flexibility index (Phi) is 5.12. The first-order chi connectivity index (χ1) is 19.8. The molecule has 2 N–H and O–H groups in total. The van der Waals surface area contributed by atoms with Crippen molar-refractivity contribution < 1.29 is 0 Å². The summed E-state index contributed by atoms with van der Waals surface area (Å²) in [5.41, 5.74) is 13.6. The monoisotopic (exact) mass is 523 g/mol. The normalized spacial score (nSPS) is 29.5. The summed E-state index contributed by atoms with van der Waals surface area (Å²) in [5.74, 6) is 1.04. The van der Waals surface area contributed by atoms with Gasteiger partial charge in [0.2, 0.25) is 0 Å². The van der Waals surface area contributed by atoms with Gasteiger partial charge in [-0.1, -0.05) is 66.8 Å². The van der Waals surface area contributed by atoms with Crippen LogP contribution in [0.1, 0.15) is 67.2 Å². The molecule has 0 bridgehead atoms. The molecule has 0 aromatic heterocycles. The number of nitrogens with one attached hydrogen (secondary N) is 2. The second kappa shape index (κ2) is 8.89. The molecule has 3 nitrogen and oxygen atoms in total. The summed E-state index contributed by atoms with van der Waals surface area (Å²) in [4.78, 5) is 2.76. The minimum Gasteiger partial charge on any atom is -0.363 e. The third-order valence-electron chi connectivity index (χ3n) is 10.6. The van der Waals surface area contributed by atoms with Crippen LogP contribution in [0, 0.1) is 11.8 Å². The summed E-state index contributed by atoms with van der Waals surface area (Å²) < 4.78 is 0. The highest BCUT2D eigenvalue weighted by Crippen LogP contribution is 2.48. The summed E-state index contributed by atoms with van der Waals surface area (Å²) in [5, 5.41) is 10.7. The van der Waals surface area contributed by atoms with Crippen molar-refractivity contribution in [3.63, 3.8) is 0 Å². The maximum absolute atomic E-state index is 3.95. The van der Waals surface area contributed by atoms with Crippen LogP contribution < -0.4 is 10.6 Å². The van der Waals surface area contributed by atoms with Gasteiger partial charge in [-0.25, -0.2) is 0 Å². The standard InChI is InChI=1S/C37H37N3/c1-2-10-23(11-3-1)37-39-34-16-8-9-17-36(34)40(37)24-18-19-27-29(20-24)25-12-4-5-13-26(25)31-22-35-32(21-30(27)31)28-14-6-7-15-33(28)38-35/h1-5,8,10,12-13,16,18-19,22-24,32,37-39H,6-7,9,11,14-15,17,20-21H2. The zero-order valence-electron chi connectivity index (χ0n) is 23.1. The molecule has 2 aromatic rings. The van der Waals surface area contributed by atoms with Gasteiger partial charge in [0, 0.05) is 28.9 Å². The molecule has 0 fully saturated rings. The highest BCUT2D eigenvalue weighted by molar-refractivity contribution is 5.99. The highest BCUT2D eigenvalue weighted by atomic mass is 15.4. The number of nitrogens with zero attached hydrogens (tertiary/aromatic N) is 1. The topological polar surface area (TPSA) is 27.3 Å². The minimum atomic E-state index is 0.306. The van der Waals surface area contributed by atoms with E-state index in [-0.39, 0.29) is 0 Å². The Bertz CT molecular complexity index is 1660. The molecule has 0 saturated heterocycles. The number of hydrogen-bond acceptors (Lipinski definition) is 3. The van der Waals surface area contributed by atoms with Gasteiger partial charge in [0.15, 0.2) is 0 Å². The fourth-order valence-electron chi connectivity index (χ4n) is 8.73. The molecule has 0 radical (unpaired) electrons. The fraction of sp³-hybridized carbons (Fsp3) is 0.351. The molecule has 3 heteroatoms. The molecular weight excluding hydrogens is 486 g/mol. The lowest BCUT2D eigenvalue weighted by Crippen LogP contribution is -2.48. The van der Waals surface area contributed by atoms with E-state index in [4.69, 9.17) is 0 Å². The quantitative estimate of drug-likeness (QED) is 0.423. The number of allylic oxidation sites excluding steroid dienone is 8. The SMILES string of the molecule is C1=CCC(C2NC3=C(CCC=C3)N2C2C=Cc3c4c(c5ccccc5c3C2)C=C2NC3=C(CCCC3)C2C4)C=C1. The van der Waals surface area contributed by atoms with E-state index in [0.29, 0.717) is 24.0 Å². The van der Waals surface area contributed by atoms with E-state index in [0.717, 1.165) is 32.1 Å². The van der Waals surface area contributed by atoms with Gasteiger partial charge >= 0.3 is 0 Å². The van der Waals surface area contributed by atoms with E-state index >= 15 is 0 Å². The van der Waals surface area contributed by atoms with Crippen molar-refractivity contribution in [1.29, 1.82) is 0 Å². The van der Waals surface area contributed by atoms with Crippen LogP contribution in [0.15, 0.2) is 95.2 Å². The lowest BCUT2D eigenvalue weighted by Gasteiger charge is -2.40. The van der Waals surface area contributed by atoms with E-state index in [1.165, 1.54) is 70.4 Å². The van der Waals surface area contributed by atoms with Gasteiger partial charge in [-0.3, -0.25) is 0 Å². The largest absolute Gasteiger partial charge is 0.363 e. The third-order valence-corrected chi connectivity index (χ3v) is 10.6. The predicted molar refractivity (Wildman–Crippen MR) is 165 cm³/mol. The average Bonchev–Trinajstić information content (AvgIpc) is 3.59. The van der Waals surface area contributed by atoms with Crippen LogP contribution in [-0.2, 0) is 12.8 Å². The molecule has 0 amide bonds. The Hall–Kier alpha value is -3.72. The van der Waals surface area contributed by atoms with E-state index in [1.807, 2.05) is 0 Å². The molecule has 5 aliphatic carbocycles. The molecule has 4 unspecified atom stereocenters. The van der Waals surface area contributed by atoms with Crippen molar-refractivity contribution in [1.82, 2.24) is 15.5 Å². The molecule has 7 aliphatic rings. The predicted octanol–water partition coefficient (Wildman–Crippen LogP) is 7.65. The van der Waals surface area contributed by atoms with Gasteiger partial charge in [0.25, 0.3) is 0 Å². The van der Waals surface area contributed by atoms with Gasteiger partial charge in [-0.05, 0) is 109 Å². The number of hydrogen-bond donors (Lipinski definition) is 2. The zero-order valence-corrected chi connectivity index (χ0v) is 23.1. The maximum atomic E-state index is 3.95. The first-order valence-electron chi connectivity index (χ1n) is 15.6. The van der Waals surface area contributed by atoms with Crippen LogP contribution in [0.25, 0.3) is 22.9 Å². The zero-order chi connectivity index (χ0) is 26.2. The van der Waals surface area contributed by atoms with Gasteiger partial charge in [0.05, 0.1) is 11.7 Å². The Morgan fingerprint density at radius 3 is 2.67 bits per heavy atom. The summed E-state index contributed by atoms with van der Waals surface area (Å²) in [6.45, 7) is 0. The molecule has 200 valence electrons. The fourth-order valence-corrected chi connectivity index (χ4v) is 8.73. The smallest absolute Gasteiger partial charge is 0.106 e. The maximum Gasteiger partial charge on any atom is 0.106 e. The molecule has 4 atom stereocenters. The van der Waals surface area contributed by atoms with Crippen LogP contribution in [0.2, 0.25) is 0 Å². The minimum absolute atomic E-state index is 0.306. The van der Waals surface area contributed by atoms with Crippen LogP contribution in [0.3, 0.4) is 0 Å². The van der Waals surface area contributed by atoms with Crippen molar-refractivity contribution in [2.45, 2.75) is 70.0 Å². The van der Waals surface area contributed by atoms with Crippen molar-refractivity contribution >= 4 is 22.9 Å². The molecule has 9 rings (SSSR count). The van der Waals surface area contributed by atoms with Crippen LogP contribution >= 0.6 is 0 Å². The van der Waals surface area contributed by atoms with Crippen LogP contribution in [0.5, 0.6) is 0 Å². The molecule has 0 spiro atoms. The molecular formula is C37H37N3. The lowest BCUT2D eigenvalue weighted by molar-refractivity contribution is 0.172. The summed E-state index contributed by atoms with van der Waals surface area (Å²) in [7, 11) is 0. The molecule has 2 heterocycles. The third kappa shape index (κ3) is 3.36. The molecule has 2 aromatic carbocycles. The van der Waals surface area contributed by atoms with Crippen LogP contribution in [-0.4, -0.2) is 17.1 Å². The number of fused-ring (bicyclic) bond motifs is 8. The second-order valence-corrected chi connectivity index (χ2v) is 12.7. The average molecular weight is 524 g/mol. The first-order valence-corrected chi connectivity index (χ1v) is 15.6. The Morgan fingerprint density at radius 2 is 1.75 bits per heavy atom. The first kappa shape index (κ1) is 23.0. The van der Waals surface area contributed by atoms with Crippen molar-refractivity contribution in [2.24, 2.45) is 11.8 Å². The van der Waals surface area contributed by atoms with Crippen molar-refractivity contribution in [3.05, 3.63) is 117 Å². The van der Waals surface area contributed by atoms with Gasteiger partial charge in [-0.15, -0.1) is 0 Å². The van der Waals surface area contributed by atoms with Crippen molar-refractivity contribution in [3.8, 4) is 0 Å². The molecule has 2 aliphatic heterocycles. The van der Waals surface area contributed by atoms with Gasteiger partial charge in [0.1, 0.15) is 6.17 Å². The Morgan fingerprint density at radius 1 is 0.825 bits per heavy atom. The summed E-state index contributed by atoms with van der Waals surface area (Å²) in [6.07, 6.45) is 32.4. The van der Waals surface area contributed by atoms with E-state index in [2.05, 4.69) is 94.5 Å². The van der Waals surface area contributed by atoms with Gasteiger partial charge < -0.3 is 15.5 Å². The molecule has 0 saturated carbocycles. The number of rotatable bonds is 2. The molecule has 40 heavy (non-hydrogen) atoms. The second-order valence-electron chi connectivity index (χ2n) is 12.7. The summed E-state index contributed by atoms with van der Waals surface area (Å²) >= 11 is 0. The van der Waals surface area contributed by atoms with E-state index in [1.54, 1.807) is 16.7 Å². The Balaban J connectivity index is 1.15. The van der Waals surface area contributed by atoms with Gasteiger partial charge in [-0.2, -0.15) is 0 Å². The van der Waals surface area contributed by atoms with Crippen molar-refractivity contribution in [2.75, 3.05) is 0 Å². The van der Waals surface area contributed by atoms with E-state index < -0.39 is 0 Å². The highest BCUT2D eigenvalue weighted by Gasteiger charge is 2.41. The Labute approximate surface area is 237 Å². The number of benzene rings is 2. The lowest BCUT2D eigenvalue weighted by atomic mass is 9.75.